The Morgan fingerprint density at radius 1 is 1.27 bits per heavy atom. The molecule has 1 fully saturated rings. The van der Waals surface area contributed by atoms with E-state index in [1.165, 1.54) is 0 Å². The minimum Gasteiger partial charge on any atom is -0.290 e. The standard InChI is InChI=1S/C22H36N4O3S/c1-21(2,3)14-26-18-8-7-17(24-19(18)25(6)20(26)27)15-9-11-22(4,5)16(13-15)10-12-23-30(28)29/h7-8,15-16,30H,9-14H2,1-6H3,(H,23,28,29). The van der Waals surface area contributed by atoms with Crippen LogP contribution in [0.1, 0.15) is 71.9 Å². The third-order valence-corrected chi connectivity index (χ3v) is 7.08. The van der Waals surface area contributed by atoms with Gasteiger partial charge >= 0.3 is 5.69 Å². The quantitative estimate of drug-likeness (QED) is 0.681. The van der Waals surface area contributed by atoms with E-state index in [1.807, 2.05) is 10.6 Å². The van der Waals surface area contributed by atoms with Crippen LogP contribution in [-0.2, 0) is 24.5 Å². The van der Waals surface area contributed by atoms with Gasteiger partial charge in [-0.25, -0.2) is 22.9 Å². The maximum absolute atomic E-state index is 12.8. The lowest BCUT2D eigenvalue weighted by Gasteiger charge is -2.42. The van der Waals surface area contributed by atoms with Crippen molar-refractivity contribution in [1.29, 1.82) is 0 Å². The summed E-state index contributed by atoms with van der Waals surface area (Å²) in [4.78, 5) is 17.7. The van der Waals surface area contributed by atoms with Gasteiger partial charge in [-0.3, -0.25) is 9.13 Å². The molecule has 1 aliphatic carbocycles. The van der Waals surface area contributed by atoms with Gasteiger partial charge in [0.1, 0.15) is 0 Å². The van der Waals surface area contributed by atoms with E-state index in [1.54, 1.807) is 11.6 Å². The van der Waals surface area contributed by atoms with Crippen molar-refractivity contribution in [1.82, 2.24) is 18.8 Å². The number of nitrogens with one attached hydrogen (secondary N) is 1. The summed E-state index contributed by atoms with van der Waals surface area (Å²) in [6, 6.07) is 4.12. The lowest BCUT2D eigenvalue weighted by Crippen LogP contribution is -2.33. The van der Waals surface area contributed by atoms with Crippen LogP contribution in [-0.4, -0.2) is 29.1 Å². The zero-order valence-electron chi connectivity index (χ0n) is 19.1. The molecule has 2 heterocycles. The van der Waals surface area contributed by atoms with Crippen LogP contribution in [0.4, 0.5) is 0 Å². The van der Waals surface area contributed by atoms with Crippen LogP contribution in [0.15, 0.2) is 16.9 Å². The Bertz CT molecular complexity index is 1040. The Labute approximate surface area is 181 Å². The number of nitrogens with zero attached hydrogens (tertiary/aromatic N) is 3. The summed E-state index contributed by atoms with van der Waals surface area (Å²) in [5.41, 5.74) is 2.83. The molecule has 2 unspecified atom stereocenters. The second kappa shape index (κ2) is 8.46. The predicted octanol–water partition coefficient (Wildman–Crippen LogP) is 3.20. The Kier molecular flexibility index (Phi) is 6.49. The number of rotatable bonds is 6. The first-order valence-corrected chi connectivity index (χ1v) is 12.0. The van der Waals surface area contributed by atoms with Gasteiger partial charge in [0.2, 0.25) is 10.9 Å². The van der Waals surface area contributed by atoms with Crippen molar-refractivity contribution in [3.8, 4) is 0 Å². The normalized spacial score (nSPS) is 22.1. The van der Waals surface area contributed by atoms with E-state index in [4.69, 9.17) is 4.98 Å². The van der Waals surface area contributed by atoms with Gasteiger partial charge in [-0.05, 0) is 54.6 Å². The average Bonchev–Trinajstić information content (AvgIpc) is 2.86. The molecule has 1 saturated carbocycles. The van der Waals surface area contributed by atoms with Crippen LogP contribution >= 0.6 is 0 Å². The molecule has 30 heavy (non-hydrogen) atoms. The van der Waals surface area contributed by atoms with Crippen molar-refractivity contribution < 1.29 is 8.42 Å². The fourth-order valence-electron chi connectivity index (χ4n) is 4.78. The van der Waals surface area contributed by atoms with Crippen LogP contribution in [0.3, 0.4) is 0 Å². The minimum atomic E-state index is -2.54. The lowest BCUT2D eigenvalue weighted by molar-refractivity contribution is 0.115. The lowest BCUT2D eigenvalue weighted by atomic mass is 9.64. The fraction of sp³-hybridized carbons (Fsp3) is 0.727. The van der Waals surface area contributed by atoms with Gasteiger partial charge in [-0.2, -0.15) is 0 Å². The summed E-state index contributed by atoms with van der Waals surface area (Å²) in [5, 5.41) is 0. The summed E-state index contributed by atoms with van der Waals surface area (Å²) < 4.78 is 27.7. The van der Waals surface area contributed by atoms with Crippen molar-refractivity contribution in [3.63, 3.8) is 0 Å². The van der Waals surface area contributed by atoms with Gasteiger partial charge in [0.15, 0.2) is 5.65 Å². The summed E-state index contributed by atoms with van der Waals surface area (Å²) in [7, 11) is -0.750. The number of imidazole rings is 1. The molecular weight excluding hydrogens is 400 g/mol. The van der Waals surface area contributed by atoms with Gasteiger partial charge in [0.05, 0.1) is 5.52 Å². The van der Waals surface area contributed by atoms with E-state index in [2.05, 4.69) is 45.4 Å². The topological polar surface area (TPSA) is 86.0 Å². The molecule has 0 amide bonds. The van der Waals surface area contributed by atoms with Gasteiger partial charge in [0.25, 0.3) is 0 Å². The molecular formula is C22H36N4O3S. The highest BCUT2D eigenvalue weighted by Gasteiger charge is 2.37. The van der Waals surface area contributed by atoms with Crippen LogP contribution in [0.5, 0.6) is 0 Å². The van der Waals surface area contributed by atoms with Crippen molar-refractivity contribution >= 4 is 22.1 Å². The van der Waals surface area contributed by atoms with Crippen LogP contribution in [0, 0.1) is 16.7 Å². The first kappa shape index (κ1) is 23.0. The molecule has 0 saturated heterocycles. The third kappa shape index (κ3) is 4.97. The second-order valence-electron chi connectivity index (χ2n) is 10.7. The fourth-order valence-corrected chi connectivity index (χ4v) is 5.09. The summed E-state index contributed by atoms with van der Waals surface area (Å²) in [5.74, 6) is 0.750. The summed E-state index contributed by atoms with van der Waals surface area (Å²) in [6.07, 6.45) is 3.95. The molecule has 3 rings (SSSR count). The van der Waals surface area contributed by atoms with Crippen molar-refractivity contribution in [2.75, 3.05) is 6.54 Å². The molecule has 0 spiro atoms. The van der Waals surface area contributed by atoms with E-state index in [-0.39, 0.29) is 16.5 Å². The Morgan fingerprint density at radius 3 is 2.60 bits per heavy atom. The number of fused-ring (bicyclic) bond motifs is 1. The third-order valence-electron chi connectivity index (χ3n) is 6.60. The zero-order valence-corrected chi connectivity index (χ0v) is 20.0. The van der Waals surface area contributed by atoms with Crippen molar-refractivity contribution in [3.05, 3.63) is 28.3 Å². The van der Waals surface area contributed by atoms with Crippen LogP contribution < -0.4 is 10.4 Å². The largest absolute Gasteiger partial charge is 0.330 e. The Hall–Kier alpha value is -1.67. The minimum absolute atomic E-state index is 0.00150. The van der Waals surface area contributed by atoms with E-state index in [0.717, 1.165) is 42.5 Å². The predicted molar refractivity (Wildman–Crippen MR) is 121 cm³/mol. The van der Waals surface area contributed by atoms with E-state index < -0.39 is 10.9 Å². The number of pyridine rings is 1. The SMILES string of the molecule is Cn1c(=O)n(CC(C)(C)C)c2ccc(C3CCC(C)(C)C(CCN[SH](=O)=O)C3)nc21. The number of hydrogen-bond donors (Lipinski definition) is 2. The number of thiol groups is 1. The number of aryl methyl sites for hydroxylation is 1. The second-order valence-corrected chi connectivity index (χ2v) is 11.5. The average molecular weight is 437 g/mol. The molecule has 8 heteroatoms. The first-order chi connectivity index (χ1) is 13.9. The van der Waals surface area contributed by atoms with Crippen LogP contribution in [0.25, 0.3) is 11.2 Å². The molecule has 1 aliphatic rings. The van der Waals surface area contributed by atoms with E-state index >= 15 is 0 Å². The molecule has 0 bridgehead atoms. The highest BCUT2D eigenvalue weighted by atomic mass is 32.2. The van der Waals surface area contributed by atoms with E-state index in [0.29, 0.717) is 24.9 Å². The first-order valence-electron chi connectivity index (χ1n) is 10.8. The monoisotopic (exact) mass is 436 g/mol. The van der Waals surface area contributed by atoms with Gasteiger partial charge < -0.3 is 0 Å². The van der Waals surface area contributed by atoms with Crippen molar-refractivity contribution in [2.24, 2.45) is 23.8 Å². The molecule has 7 nitrogen and oxygen atoms in total. The number of hydrogen-bond acceptors (Lipinski definition) is 4. The molecule has 2 aromatic rings. The highest BCUT2D eigenvalue weighted by molar-refractivity contribution is 7.70. The maximum atomic E-state index is 12.8. The summed E-state index contributed by atoms with van der Waals surface area (Å²) in [6.45, 7) is 12.1. The highest BCUT2D eigenvalue weighted by Crippen LogP contribution is 2.47. The molecule has 0 radical (unpaired) electrons. The van der Waals surface area contributed by atoms with Gasteiger partial charge in [0, 0.05) is 31.7 Å². The molecule has 168 valence electrons. The Morgan fingerprint density at radius 2 is 1.97 bits per heavy atom. The van der Waals surface area contributed by atoms with Crippen LogP contribution in [0.2, 0.25) is 0 Å². The molecule has 2 atom stereocenters. The van der Waals surface area contributed by atoms with Gasteiger partial charge in [-0.15, -0.1) is 0 Å². The molecule has 0 aliphatic heterocycles. The zero-order chi connectivity index (χ0) is 22.3. The number of aromatic nitrogens is 3. The van der Waals surface area contributed by atoms with Gasteiger partial charge in [-0.1, -0.05) is 34.6 Å². The maximum Gasteiger partial charge on any atom is 0.330 e. The molecule has 0 aromatic carbocycles. The molecule has 2 aromatic heterocycles. The molecule has 1 N–H and O–H groups in total. The summed E-state index contributed by atoms with van der Waals surface area (Å²) >= 11 is 0. The van der Waals surface area contributed by atoms with Crippen molar-refractivity contribution in [2.45, 2.75) is 72.8 Å². The van der Waals surface area contributed by atoms with E-state index in [9.17, 15) is 13.2 Å². The Balaban J connectivity index is 1.87. The smallest absolute Gasteiger partial charge is 0.290 e.